The van der Waals surface area contributed by atoms with Gasteiger partial charge < -0.3 is 4.74 Å². The maximum absolute atomic E-state index is 11.1. The largest absolute Gasteiger partial charge is 0.451 e. The Kier molecular flexibility index (Phi) is 2.54. The molecule has 0 bridgehead atoms. The van der Waals surface area contributed by atoms with Crippen LogP contribution in [0, 0.1) is 10.8 Å². The summed E-state index contributed by atoms with van der Waals surface area (Å²) in [6.45, 7) is 3.93. The van der Waals surface area contributed by atoms with Crippen molar-refractivity contribution in [2.45, 2.75) is 32.2 Å². The Morgan fingerprint density at radius 3 is 2.31 bits per heavy atom. The Morgan fingerprint density at radius 2 is 2.08 bits per heavy atom. The van der Waals surface area contributed by atoms with Gasteiger partial charge in [-0.3, -0.25) is 0 Å². The molecule has 1 fully saturated rings. The number of rotatable bonds is 3. The number of carbonyl (C=O) groups is 1. The highest BCUT2D eigenvalue weighted by Crippen LogP contribution is 2.48. The lowest BCUT2D eigenvalue weighted by molar-refractivity contribution is 0.0841. The first-order chi connectivity index (χ1) is 6.08. The van der Waals surface area contributed by atoms with Crippen LogP contribution in [0.4, 0.5) is 4.79 Å². The molecular formula is C8H14N2O3. The summed E-state index contributed by atoms with van der Waals surface area (Å²) in [5.74, 6) is 0.226. The number of ether oxygens (including phenoxy) is 1. The highest BCUT2D eigenvalue weighted by Gasteiger charge is 2.54. The predicted octanol–water partition coefficient (Wildman–Crippen LogP) is 1.92. The van der Waals surface area contributed by atoms with Gasteiger partial charge in [-0.15, -0.1) is 4.91 Å². The zero-order chi connectivity index (χ0) is 10.1. The first kappa shape index (κ1) is 9.95. The fraction of sp³-hybridized carbons (Fsp3) is 0.875. The normalized spacial score (nSPS) is 18.2. The third-order valence-electron chi connectivity index (χ3n) is 2.69. The average molecular weight is 186 g/mol. The van der Waals surface area contributed by atoms with Crippen molar-refractivity contribution in [3.8, 4) is 0 Å². The minimum atomic E-state index is -0.666. The topological polar surface area (TPSA) is 59.0 Å². The maximum Gasteiger partial charge on any atom is 0.433 e. The Bertz CT molecular complexity index is 223. The number of carbonyl (C=O) groups excluding carboxylic acids is 1. The predicted molar refractivity (Wildman–Crippen MR) is 46.8 cm³/mol. The molecule has 0 aromatic carbocycles. The summed E-state index contributed by atoms with van der Waals surface area (Å²) in [6.07, 6.45) is 0.984. The standard InChI is InChI=1S/C8H14N2O3/c1-6(2)8(4-5-8)10(9-12)7(11)13-3/h6H,4-5H2,1-3H3. The van der Waals surface area contributed by atoms with Crippen molar-refractivity contribution in [3.05, 3.63) is 4.91 Å². The number of hydrogen-bond donors (Lipinski definition) is 0. The summed E-state index contributed by atoms with van der Waals surface area (Å²) in [6, 6.07) is 0. The summed E-state index contributed by atoms with van der Waals surface area (Å²) >= 11 is 0. The first-order valence-electron chi connectivity index (χ1n) is 4.30. The van der Waals surface area contributed by atoms with Crippen LogP contribution >= 0.6 is 0 Å². The van der Waals surface area contributed by atoms with E-state index in [1.54, 1.807) is 0 Å². The number of nitrogens with zero attached hydrogens (tertiary/aromatic N) is 2. The Balaban J connectivity index is 2.77. The molecule has 5 heteroatoms. The summed E-state index contributed by atoms with van der Waals surface area (Å²) in [5, 5.41) is 3.65. The SMILES string of the molecule is COC(=O)N(N=O)C1(C(C)C)CC1. The quantitative estimate of drug-likeness (QED) is 0.499. The minimum absolute atomic E-state index is 0.226. The molecule has 1 aliphatic rings. The van der Waals surface area contributed by atoms with E-state index in [4.69, 9.17) is 0 Å². The highest BCUT2D eigenvalue weighted by molar-refractivity contribution is 5.68. The molecule has 0 unspecified atom stereocenters. The van der Waals surface area contributed by atoms with Gasteiger partial charge in [0.1, 0.15) is 0 Å². The highest BCUT2D eigenvalue weighted by atomic mass is 16.6. The van der Waals surface area contributed by atoms with Crippen LogP contribution in [-0.2, 0) is 4.74 Å². The molecule has 13 heavy (non-hydrogen) atoms. The molecule has 1 aliphatic carbocycles. The molecule has 1 rings (SSSR count). The van der Waals surface area contributed by atoms with Crippen molar-refractivity contribution in [1.82, 2.24) is 5.01 Å². The Labute approximate surface area is 77.0 Å². The molecule has 0 saturated heterocycles. The Morgan fingerprint density at radius 1 is 1.54 bits per heavy atom. The smallest absolute Gasteiger partial charge is 0.433 e. The Hall–Kier alpha value is -1.13. The molecule has 0 aliphatic heterocycles. The van der Waals surface area contributed by atoms with Gasteiger partial charge in [-0.25, -0.2) is 4.79 Å². The second-order valence-corrected chi connectivity index (χ2v) is 3.62. The van der Waals surface area contributed by atoms with E-state index < -0.39 is 6.09 Å². The summed E-state index contributed by atoms with van der Waals surface area (Å²) in [7, 11) is 1.25. The zero-order valence-corrected chi connectivity index (χ0v) is 8.11. The second-order valence-electron chi connectivity index (χ2n) is 3.62. The van der Waals surface area contributed by atoms with Crippen LogP contribution < -0.4 is 0 Å². The van der Waals surface area contributed by atoms with E-state index in [0.717, 1.165) is 17.9 Å². The van der Waals surface area contributed by atoms with Crippen LogP contribution in [0.15, 0.2) is 5.29 Å². The van der Waals surface area contributed by atoms with E-state index >= 15 is 0 Å². The van der Waals surface area contributed by atoms with Crippen LogP contribution in [0.2, 0.25) is 0 Å². The van der Waals surface area contributed by atoms with Crippen molar-refractivity contribution < 1.29 is 9.53 Å². The van der Waals surface area contributed by atoms with E-state index in [1.807, 2.05) is 13.8 Å². The number of amides is 1. The van der Waals surface area contributed by atoms with Gasteiger partial charge in [0.15, 0.2) is 0 Å². The van der Waals surface area contributed by atoms with Gasteiger partial charge in [-0.05, 0) is 18.8 Å². The van der Waals surface area contributed by atoms with Gasteiger partial charge in [0.25, 0.3) is 0 Å². The van der Waals surface area contributed by atoms with E-state index in [9.17, 15) is 9.70 Å². The van der Waals surface area contributed by atoms with E-state index in [0.29, 0.717) is 0 Å². The lowest BCUT2D eigenvalue weighted by Crippen LogP contribution is -2.41. The van der Waals surface area contributed by atoms with Crippen LogP contribution in [0.5, 0.6) is 0 Å². The summed E-state index contributed by atoms with van der Waals surface area (Å²) in [4.78, 5) is 21.6. The van der Waals surface area contributed by atoms with E-state index in [-0.39, 0.29) is 11.5 Å². The lowest BCUT2D eigenvalue weighted by Gasteiger charge is -2.26. The summed E-state index contributed by atoms with van der Waals surface area (Å²) in [5.41, 5.74) is -0.380. The van der Waals surface area contributed by atoms with Crippen molar-refractivity contribution in [1.29, 1.82) is 0 Å². The zero-order valence-electron chi connectivity index (χ0n) is 8.11. The van der Waals surface area contributed by atoms with Crippen molar-refractivity contribution in [2.75, 3.05) is 7.11 Å². The van der Waals surface area contributed by atoms with E-state index in [2.05, 4.69) is 10.0 Å². The first-order valence-corrected chi connectivity index (χ1v) is 4.30. The third kappa shape index (κ3) is 1.50. The lowest BCUT2D eigenvalue weighted by atomic mass is 10.0. The summed E-state index contributed by atoms with van der Waals surface area (Å²) < 4.78 is 4.47. The number of hydrogen-bond acceptors (Lipinski definition) is 4. The van der Waals surface area contributed by atoms with Gasteiger partial charge in [0.05, 0.1) is 17.9 Å². The van der Waals surface area contributed by atoms with Crippen LogP contribution in [0.25, 0.3) is 0 Å². The molecule has 0 radical (unpaired) electrons. The molecule has 74 valence electrons. The molecule has 0 spiro atoms. The molecule has 1 amide bonds. The average Bonchev–Trinajstić information content (AvgIpc) is 2.86. The molecule has 0 heterocycles. The van der Waals surface area contributed by atoms with Crippen molar-refractivity contribution in [3.63, 3.8) is 0 Å². The van der Waals surface area contributed by atoms with Gasteiger partial charge in [-0.1, -0.05) is 13.8 Å². The maximum atomic E-state index is 11.1. The van der Waals surface area contributed by atoms with Crippen molar-refractivity contribution >= 4 is 6.09 Å². The molecule has 0 N–H and O–H groups in total. The molecule has 0 aromatic heterocycles. The fourth-order valence-corrected chi connectivity index (χ4v) is 1.54. The third-order valence-corrected chi connectivity index (χ3v) is 2.69. The fourth-order valence-electron chi connectivity index (χ4n) is 1.54. The minimum Gasteiger partial charge on any atom is -0.451 e. The van der Waals surface area contributed by atoms with E-state index in [1.165, 1.54) is 7.11 Å². The van der Waals surface area contributed by atoms with Crippen LogP contribution in [-0.4, -0.2) is 23.8 Å². The van der Waals surface area contributed by atoms with Crippen molar-refractivity contribution in [2.24, 2.45) is 11.2 Å². The second kappa shape index (κ2) is 3.32. The molecule has 0 atom stereocenters. The van der Waals surface area contributed by atoms with Gasteiger partial charge in [0.2, 0.25) is 0 Å². The molecule has 5 nitrogen and oxygen atoms in total. The van der Waals surface area contributed by atoms with Gasteiger partial charge >= 0.3 is 6.09 Å². The number of methoxy groups -OCH3 is 1. The van der Waals surface area contributed by atoms with Gasteiger partial charge in [0, 0.05) is 0 Å². The monoisotopic (exact) mass is 186 g/mol. The van der Waals surface area contributed by atoms with Crippen LogP contribution in [0.3, 0.4) is 0 Å². The molecule has 1 saturated carbocycles. The number of nitroso groups, excluding NO2 is 1. The molecule has 0 aromatic rings. The van der Waals surface area contributed by atoms with Gasteiger partial charge in [-0.2, -0.15) is 5.01 Å². The molecular weight excluding hydrogens is 172 g/mol. The van der Waals surface area contributed by atoms with Crippen LogP contribution in [0.1, 0.15) is 26.7 Å².